The molecule has 31 heavy (non-hydrogen) atoms. The second-order valence-corrected chi connectivity index (χ2v) is 7.93. The minimum absolute atomic E-state index is 0.0608. The van der Waals surface area contributed by atoms with E-state index in [0.29, 0.717) is 23.8 Å². The Hall–Kier alpha value is -3.62. The van der Waals surface area contributed by atoms with Crippen molar-refractivity contribution in [1.82, 2.24) is 10.3 Å². The zero-order chi connectivity index (χ0) is 22.4. The van der Waals surface area contributed by atoms with Crippen molar-refractivity contribution < 1.29 is 23.9 Å². The van der Waals surface area contributed by atoms with Gasteiger partial charge in [0.25, 0.3) is 5.91 Å². The number of aromatic nitrogens is 1. The van der Waals surface area contributed by atoms with Crippen LogP contribution in [0.2, 0.25) is 0 Å². The molecule has 0 atom stereocenters. The van der Waals surface area contributed by atoms with Gasteiger partial charge in [0, 0.05) is 18.4 Å². The summed E-state index contributed by atoms with van der Waals surface area (Å²) < 4.78 is 10.8. The van der Waals surface area contributed by atoms with Crippen LogP contribution in [0.1, 0.15) is 37.6 Å². The van der Waals surface area contributed by atoms with E-state index in [1.54, 1.807) is 32.9 Å². The molecule has 0 unspecified atom stereocenters. The molecule has 3 rings (SSSR count). The van der Waals surface area contributed by atoms with Crippen LogP contribution in [-0.2, 0) is 9.53 Å². The number of pyridine rings is 1. The monoisotopic (exact) mass is 426 g/mol. The molecule has 2 heterocycles. The second kappa shape index (κ2) is 9.46. The smallest absolute Gasteiger partial charge is 0.327 e. The highest BCUT2D eigenvalue weighted by Gasteiger charge is 2.26. The highest BCUT2D eigenvalue weighted by Crippen LogP contribution is 2.30. The molecule has 0 aliphatic carbocycles. The lowest BCUT2D eigenvalue weighted by molar-refractivity contribution is -0.154. The molecule has 1 aliphatic heterocycles. The van der Waals surface area contributed by atoms with E-state index in [-0.39, 0.29) is 37.1 Å². The Morgan fingerprint density at radius 1 is 1.19 bits per heavy atom. The number of rotatable bonds is 5. The minimum atomic E-state index is -0.570. The van der Waals surface area contributed by atoms with Gasteiger partial charge < -0.3 is 20.1 Å². The summed E-state index contributed by atoms with van der Waals surface area (Å²) in [4.78, 5) is 42.5. The minimum Gasteiger partial charge on any atom is -0.488 e. The van der Waals surface area contributed by atoms with E-state index in [0.717, 1.165) is 0 Å². The Kier molecular flexibility index (Phi) is 6.74. The number of carbonyl (C=O) groups is 3. The predicted octanol–water partition coefficient (Wildman–Crippen LogP) is 2.97. The van der Waals surface area contributed by atoms with Crippen molar-refractivity contribution in [2.75, 3.05) is 29.9 Å². The Bertz CT molecular complexity index is 956. The maximum Gasteiger partial charge on any atom is 0.327 e. The fraction of sp³-hybridized carbons (Fsp3) is 0.364. The maximum atomic E-state index is 12.6. The number of benzene rings is 1. The number of fused-ring (bicyclic) bond motifs is 1. The number of carbonyl (C=O) groups excluding carboxylic acids is 3. The molecule has 2 N–H and O–H groups in total. The summed E-state index contributed by atoms with van der Waals surface area (Å²) in [6, 6.07) is 10.3. The summed E-state index contributed by atoms with van der Waals surface area (Å²) in [5.74, 6) is -0.104. The number of anilines is 2. The summed E-state index contributed by atoms with van der Waals surface area (Å²) in [5, 5.41) is 5.47. The average Bonchev–Trinajstić information content (AvgIpc) is 2.72. The molecular weight excluding hydrogens is 400 g/mol. The maximum absolute atomic E-state index is 12.6. The number of ether oxygens (including phenoxy) is 2. The number of hydrogen-bond acceptors (Lipinski definition) is 6. The van der Waals surface area contributed by atoms with Gasteiger partial charge in [-0.25, -0.2) is 9.78 Å². The average molecular weight is 426 g/mol. The van der Waals surface area contributed by atoms with Gasteiger partial charge in [0.05, 0.1) is 18.5 Å². The molecule has 0 saturated heterocycles. The number of nitrogens with zero attached hydrogens (tertiary/aromatic N) is 2. The number of nitrogens with one attached hydrogen (secondary N) is 2. The summed E-state index contributed by atoms with van der Waals surface area (Å²) in [5.41, 5.74) is 0.370. The second-order valence-electron chi connectivity index (χ2n) is 7.93. The molecule has 0 saturated carbocycles. The van der Waals surface area contributed by atoms with Crippen molar-refractivity contribution in [3.63, 3.8) is 0 Å². The largest absolute Gasteiger partial charge is 0.488 e. The third-order valence-electron chi connectivity index (χ3n) is 4.23. The lowest BCUT2D eigenvalue weighted by Gasteiger charge is -2.28. The number of esters is 1. The van der Waals surface area contributed by atoms with Crippen molar-refractivity contribution in [3.8, 4) is 5.75 Å². The van der Waals surface area contributed by atoms with Crippen LogP contribution < -0.4 is 20.3 Å². The van der Waals surface area contributed by atoms with E-state index in [1.165, 1.54) is 17.2 Å². The fourth-order valence-electron chi connectivity index (χ4n) is 2.91. The van der Waals surface area contributed by atoms with Crippen molar-refractivity contribution in [3.05, 3.63) is 48.2 Å². The fourth-order valence-corrected chi connectivity index (χ4v) is 2.91. The van der Waals surface area contributed by atoms with E-state index in [9.17, 15) is 14.4 Å². The van der Waals surface area contributed by atoms with Gasteiger partial charge in [0.15, 0.2) is 11.6 Å². The first-order chi connectivity index (χ1) is 14.7. The van der Waals surface area contributed by atoms with Gasteiger partial charge in [-0.15, -0.1) is 0 Å². The first-order valence-electron chi connectivity index (χ1n) is 9.99. The quantitative estimate of drug-likeness (QED) is 0.712. The first-order valence-corrected chi connectivity index (χ1v) is 9.99. The van der Waals surface area contributed by atoms with Crippen LogP contribution in [0.3, 0.4) is 0 Å². The van der Waals surface area contributed by atoms with Gasteiger partial charge in [-0.05, 0) is 39.0 Å². The molecule has 1 aliphatic rings. The molecule has 0 fully saturated rings. The molecule has 1 aromatic carbocycles. The van der Waals surface area contributed by atoms with Gasteiger partial charge in [-0.1, -0.05) is 18.2 Å². The SMILES string of the molecule is CC(C)(C)OC(=O)CCNC(=O)c1cnc2c(c1)OCCN2C(=O)Nc1ccccc1. The Balaban J connectivity index is 1.61. The molecule has 0 spiro atoms. The van der Waals surface area contributed by atoms with Gasteiger partial charge in [0.1, 0.15) is 12.2 Å². The van der Waals surface area contributed by atoms with Crippen LogP contribution in [0.5, 0.6) is 5.75 Å². The number of amides is 3. The summed E-state index contributed by atoms with van der Waals surface area (Å²) in [6.45, 7) is 6.10. The Morgan fingerprint density at radius 2 is 1.94 bits per heavy atom. The molecular formula is C22H26N4O5. The number of urea groups is 1. The molecule has 0 bridgehead atoms. The Labute approximate surface area is 180 Å². The van der Waals surface area contributed by atoms with Crippen molar-refractivity contribution in [2.45, 2.75) is 32.8 Å². The first kappa shape index (κ1) is 22.1. The van der Waals surface area contributed by atoms with E-state index in [1.807, 2.05) is 18.2 Å². The van der Waals surface area contributed by atoms with E-state index >= 15 is 0 Å². The zero-order valence-corrected chi connectivity index (χ0v) is 17.8. The van der Waals surface area contributed by atoms with Crippen LogP contribution >= 0.6 is 0 Å². The van der Waals surface area contributed by atoms with Crippen molar-refractivity contribution in [1.29, 1.82) is 0 Å². The molecule has 0 radical (unpaired) electrons. The predicted molar refractivity (Wildman–Crippen MR) is 115 cm³/mol. The van der Waals surface area contributed by atoms with Gasteiger partial charge >= 0.3 is 12.0 Å². The van der Waals surface area contributed by atoms with Crippen LogP contribution in [0.25, 0.3) is 0 Å². The molecule has 9 nitrogen and oxygen atoms in total. The molecule has 164 valence electrons. The standard InChI is InChI=1S/C22H26N4O5/c1-22(2,3)31-18(27)9-10-23-20(28)15-13-17-19(24-14-15)26(11-12-30-17)21(29)25-16-7-5-4-6-8-16/h4-8,13-14H,9-12H2,1-3H3,(H,23,28)(H,25,29). The van der Waals surface area contributed by atoms with Crippen LogP contribution in [-0.4, -0.2) is 48.2 Å². The van der Waals surface area contributed by atoms with Crippen molar-refractivity contribution in [2.24, 2.45) is 0 Å². The number of para-hydroxylation sites is 1. The third kappa shape index (κ3) is 6.18. The lowest BCUT2D eigenvalue weighted by Crippen LogP contribution is -2.41. The molecule has 9 heteroatoms. The lowest BCUT2D eigenvalue weighted by atomic mass is 10.2. The molecule has 1 aromatic heterocycles. The summed E-state index contributed by atoms with van der Waals surface area (Å²) in [7, 11) is 0. The van der Waals surface area contributed by atoms with Crippen LogP contribution in [0, 0.1) is 0 Å². The zero-order valence-electron chi connectivity index (χ0n) is 17.8. The highest BCUT2D eigenvalue weighted by atomic mass is 16.6. The van der Waals surface area contributed by atoms with Gasteiger partial charge in [0.2, 0.25) is 0 Å². The third-order valence-corrected chi connectivity index (χ3v) is 4.23. The van der Waals surface area contributed by atoms with Crippen molar-refractivity contribution >= 4 is 29.4 Å². The normalized spacial score (nSPS) is 12.9. The molecule has 3 amide bonds. The highest BCUT2D eigenvalue weighted by molar-refractivity contribution is 6.03. The van der Waals surface area contributed by atoms with Gasteiger partial charge in [-0.2, -0.15) is 0 Å². The van der Waals surface area contributed by atoms with Crippen LogP contribution in [0.15, 0.2) is 42.6 Å². The number of hydrogen-bond donors (Lipinski definition) is 2. The Morgan fingerprint density at radius 3 is 2.65 bits per heavy atom. The van der Waals surface area contributed by atoms with Crippen LogP contribution in [0.4, 0.5) is 16.3 Å². The molecule has 2 aromatic rings. The van der Waals surface area contributed by atoms with Gasteiger partial charge in [-0.3, -0.25) is 14.5 Å². The summed E-state index contributed by atoms with van der Waals surface area (Å²) in [6.07, 6.45) is 1.43. The van der Waals surface area contributed by atoms with E-state index in [4.69, 9.17) is 9.47 Å². The van der Waals surface area contributed by atoms with E-state index < -0.39 is 11.5 Å². The summed E-state index contributed by atoms with van der Waals surface area (Å²) >= 11 is 0. The topological polar surface area (TPSA) is 110 Å². The van der Waals surface area contributed by atoms with E-state index in [2.05, 4.69) is 15.6 Å².